The van der Waals surface area contributed by atoms with E-state index in [0.29, 0.717) is 13.1 Å². The first kappa shape index (κ1) is 21.0. The number of amides is 2. The van der Waals surface area contributed by atoms with Crippen molar-refractivity contribution in [3.05, 3.63) is 52.8 Å². The summed E-state index contributed by atoms with van der Waals surface area (Å²) in [6.45, 7) is 6.21. The molecule has 2 heterocycles. The van der Waals surface area contributed by atoms with Crippen LogP contribution in [0.3, 0.4) is 0 Å². The van der Waals surface area contributed by atoms with E-state index in [1.807, 2.05) is 41.6 Å². The van der Waals surface area contributed by atoms with E-state index in [2.05, 4.69) is 22.5 Å². The maximum atomic E-state index is 12.5. The third kappa shape index (κ3) is 5.03. The zero-order valence-electron chi connectivity index (χ0n) is 17.8. The third-order valence-electron chi connectivity index (χ3n) is 5.61. The smallest absolute Gasteiger partial charge is 0.239 e. The van der Waals surface area contributed by atoms with E-state index in [1.165, 1.54) is 5.56 Å². The molecule has 0 radical (unpaired) electrons. The van der Waals surface area contributed by atoms with Crippen molar-refractivity contribution in [2.24, 2.45) is 0 Å². The van der Waals surface area contributed by atoms with Gasteiger partial charge in [-0.05, 0) is 38.8 Å². The zero-order valence-corrected chi connectivity index (χ0v) is 17.8. The lowest BCUT2D eigenvalue weighted by atomic mass is 10.2. The maximum Gasteiger partial charge on any atom is 0.239 e. The van der Waals surface area contributed by atoms with E-state index in [4.69, 9.17) is 0 Å². The van der Waals surface area contributed by atoms with Crippen molar-refractivity contribution in [2.45, 2.75) is 45.8 Å². The molecule has 1 atom stereocenters. The van der Waals surface area contributed by atoms with Crippen molar-refractivity contribution in [3.8, 4) is 0 Å². The highest BCUT2D eigenvalue weighted by Crippen LogP contribution is 2.18. The molecule has 1 aromatic carbocycles. The number of hydrogen-bond donors (Lipinski definition) is 1. The van der Waals surface area contributed by atoms with Crippen LogP contribution in [0.4, 0.5) is 0 Å². The number of carbonyl (C=O) groups is 2. The van der Waals surface area contributed by atoms with Crippen LogP contribution in [-0.2, 0) is 22.7 Å². The first-order valence-corrected chi connectivity index (χ1v) is 10.2. The van der Waals surface area contributed by atoms with Gasteiger partial charge in [-0.1, -0.05) is 30.3 Å². The molecule has 0 spiro atoms. The Morgan fingerprint density at radius 3 is 2.62 bits per heavy atom. The summed E-state index contributed by atoms with van der Waals surface area (Å²) in [4.78, 5) is 28.4. The number of hydrogen-bond acceptors (Lipinski definition) is 4. The molecule has 0 bridgehead atoms. The molecular formula is C22H31N5O2. The minimum absolute atomic E-state index is 0.0573. The van der Waals surface area contributed by atoms with Crippen molar-refractivity contribution >= 4 is 11.8 Å². The number of rotatable bonds is 7. The third-order valence-corrected chi connectivity index (χ3v) is 5.61. The molecule has 1 N–H and O–H groups in total. The second-order valence-corrected chi connectivity index (χ2v) is 7.93. The summed E-state index contributed by atoms with van der Waals surface area (Å²) in [6.07, 6.45) is 1.76. The van der Waals surface area contributed by atoms with Crippen LogP contribution in [0, 0.1) is 13.8 Å². The van der Waals surface area contributed by atoms with Gasteiger partial charge in [0.25, 0.3) is 0 Å². The quantitative estimate of drug-likeness (QED) is 0.772. The molecular weight excluding hydrogens is 366 g/mol. The van der Waals surface area contributed by atoms with Crippen LogP contribution in [0.25, 0.3) is 0 Å². The average Bonchev–Trinajstić information content (AvgIpc) is 3.25. The molecule has 0 aliphatic carbocycles. The van der Waals surface area contributed by atoms with E-state index in [-0.39, 0.29) is 24.4 Å². The lowest BCUT2D eigenvalue weighted by Crippen LogP contribution is -2.46. The lowest BCUT2D eigenvalue weighted by Gasteiger charge is -2.25. The minimum atomic E-state index is -0.187. The fourth-order valence-corrected chi connectivity index (χ4v) is 3.92. The monoisotopic (exact) mass is 397 g/mol. The van der Waals surface area contributed by atoms with Gasteiger partial charge in [-0.3, -0.25) is 19.2 Å². The molecule has 1 aromatic heterocycles. The Morgan fingerprint density at radius 2 is 1.93 bits per heavy atom. The Bertz CT molecular complexity index is 860. The van der Waals surface area contributed by atoms with Gasteiger partial charge in [-0.2, -0.15) is 5.10 Å². The summed E-state index contributed by atoms with van der Waals surface area (Å²) in [5.41, 5.74) is 4.24. The average molecular weight is 398 g/mol. The molecule has 1 unspecified atom stereocenters. The number of nitrogens with zero attached hydrogens (tertiary/aromatic N) is 4. The van der Waals surface area contributed by atoms with E-state index < -0.39 is 0 Å². The number of aromatic nitrogens is 2. The van der Waals surface area contributed by atoms with Gasteiger partial charge in [0, 0.05) is 31.9 Å². The van der Waals surface area contributed by atoms with E-state index in [1.54, 1.807) is 19.0 Å². The zero-order chi connectivity index (χ0) is 21.0. The SMILES string of the molecule is Cc1nn(Cc2ccccc2)c(C)c1CNC(=O)CN1CCCC1C(=O)N(C)C. The van der Waals surface area contributed by atoms with Gasteiger partial charge in [0.1, 0.15) is 0 Å². The summed E-state index contributed by atoms with van der Waals surface area (Å²) in [6, 6.07) is 10.0. The van der Waals surface area contributed by atoms with Gasteiger partial charge in [0.05, 0.1) is 24.8 Å². The Labute approximate surface area is 172 Å². The second-order valence-electron chi connectivity index (χ2n) is 7.93. The molecule has 1 saturated heterocycles. The van der Waals surface area contributed by atoms with Crippen molar-refractivity contribution in [1.82, 2.24) is 24.9 Å². The predicted molar refractivity (Wildman–Crippen MR) is 112 cm³/mol. The highest BCUT2D eigenvalue weighted by Gasteiger charge is 2.32. The first-order valence-electron chi connectivity index (χ1n) is 10.2. The molecule has 0 saturated carbocycles. The Balaban J connectivity index is 1.58. The van der Waals surface area contributed by atoms with Crippen molar-refractivity contribution in [1.29, 1.82) is 0 Å². The lowest BCUT2D eigenvalue weighted by molar-refractivity contribution is -0.134. The molecule has 7 nitrogen and oxygen atoms in total. The molecule has 156 valence electrons. The van der Waals surface area contributed by atoms with E-state index in [0.717, 1.165) is 36.3 Å². The normalized spacial score (nSPS) is 16.8. The number of carbonyl (C=O) groups excluding carboxylic acids is 2. The topological polar surface area (TPSA) is 70.5 Å². The number of likely N-dealkylation sites (tertiary alicyclic amines) is 1. The number of nitrogens with one attached hydrogen (secondary N) is 1. The summed E-state index contributed by atoms with van der Waals surface area (Å²) in [7, 11) is 3.52. The second kappa shape index (κ2) is 9.22. The van der Waals surface area contributed by atoms with Crippen LogP contribution in [0.5, 0.6) is 0 Å². The minimum Gasteiger partial charge on any atom is -0.351 e. The largest absolute Gasteiger partial charge is 0.351 e. The maximum absolute atomic E-state index is 12.5. The first-order chi connectivity index (χ1) is 13.9. The molecule has 1 aliphatic heterocycles. The number of benzene rings is 1. The van der Waals surface area contributed by atoms with Gasteiger partial charge < -0.3 is 10.2 Å². The van der Waals surface area contributed by atoms with Gasteiger partial charge in [0.15, 0.2) is 0 Å². The van der Waals surface area contributed by atoms with Crippen LogP contribution in [-0.4, -0.2) is 64.6 Å². The summed E-state index contributed by atoms with van der Waals surface area (Å²) in [5.74, 6) is 0.0160. The van der Waals surface area contributed by atoms with E-state index in [9.17, 15) is 9.59 Å². The van der Waals surface area contributed by atoms with Crippen LogP contribution in [0.2, 0.25) is 0 Å². The molecule has 1 aliphatic rings. The van der Waals surface area contributed by atoms with Gasteiger partial charge in [-0.15, -0.1) is 0 Å². The van der Waals surface area contributed by atoms with Gasteiger partial charge in [0.2, 0.25) is 11.8 Å². The summed E-state index contributed by atoms with van der Waals surface area (Å²) < 4.78 is 1.98. The predicted octanol–water partition coefficient (Wildman–Crippen LogP) is 1.72. The molecule has 3 rings (SSSR count). The fourth-order valence-electron chi connectivity index (χ4n) is 3.92. The van der Waals surface area contributed by atoms with Gasteiger partial charge in [-0.25, -0.2) is 0 Å². The Kier molecular flexibility index (Phi) is 6.69. The highest BCUT2D eigenvalue weighted by molar-refractivity contribution is 5.83. The van der Waals surface area contributed by atoms with Crippen LogP contribution < -0.4 is 5.32 Å². The number of likely N-dealkylation sites (N-methyl/N-ethyl adjacent to an activating group) is 1. The fraction of sp³-hybridized carbons (Fsp3) is 0.500. The summed E-state index contributed by atoms with van der Waals surface area (Å²) in [5, 5.41) is 7.66. The van der Waals surface area contributed by atoms with E-state index >= 15 is 0 Å². The Morgan fingerprint density at radius 1 is 1.21 bits per heavy atom. The molecule has 29 heavy (non-hydrogen) atoms. The standard InChI is InChI=1S/C22H31N5O2/c1-16-19(17(2)27(24-16)14-18-9-6-5-7-10-18)13-23-21(28)15-26-12-8-11-20(26)22(29)25(3)4/h5-7,9-10,20H,8,11-15H2,1-4H3,(H,23,28). The molecule has 7 heteroatoms. The number of aryl methyl sites for hydroxylation is 1. The van der Waals surface area contributed by atoms with Crippen LogP contribution >= 0.6 is 0 Å². The Hall–Kier alpha value is -2.67. The van der Waals surface area contributed by atoms with Gasteiger partial charge >= 0.3 is 0 Å². The molecule has 2 aromatic rings. The van der Waals surface area contributed by atoms with Crippen molar-refractivity contribution in [3.63, 3.8) is 0 Å². The molecule has 2 amide bonds. The molecule has 1 fully saturated rings. The van der Waals surface area contributed by atoms with Crippen molar-refractivity contribution < 1.29 is 9.59 Å². The van der Waals surface area contributed by atoms with Crippen LogP contribution in [0.15, 0.2) is 30.3 Å². The van der Waals surface area contributed by atoms with Crippen molar-refractivity contribution in [2.75, 3.05) is 27.2 Å². The highest BCUT2D eigenvalue weighted by atomic mass is 16.2. The summed E-state index contributed by atoms with van der Waals surface area (Å²) >= 11 is 0. The van der Waals surface area contributed by atoms with Crippen LogP contribution in [0.1, 0.15) is 35.4 Å².